The van der Waals surface area contributed by atoms with Crippen LogP contribution in [0.4, 0.5) is 5.69 Å². The Morgan fingerprint density at radius 1 is 1.50 bits per heavy atom. The Morgan fingerprint density at radius 3 is 2.75 bits per heavy atom. The minimum absolute atomic E-state index is 0.0676. The molecule has 1 aromatic heterocycles. The van der Waals surface area contributed by atoms with Crippen LogP contribution in [0.25, 0.3) is 0 Å². The number of anilines is 1. The molecule has 5 nitrogen and oxygen atoms in total. The highest BCUT2D eigenvalue weighted by molar-refractivity contribution is 5.42. The molecule has 0 aliphatic heterocycles. The maximum atomic E-state index is 12.1. The summed E-state index contributed by atoms with van der Waals surface area (Å²) in [5, 5.41) is 7.64. The van der Waals surface area contributed by atoms with Crippen molar-refractivity contribution in [1.82, 2.24) is 15.1 Å². The zero-order valence-electron chi connectivity index (χ0n) is 12.4. The van der Waals surface area contributed by atoms with E-state index < -0.39 is 0 Å². The normalized spacial score (nSPS) is 14.3. The Morgan fingerprint density at radius 2 is 2.20 bits per heavy atom. The summed E-state index contributed by atoms with van der Waals surface area (Å²) in [4.78, 5) is 14.2. The van der Waals surface area contributed by atoms with Crippen LogP contribution in [0.1, 0.15) is 26.7 Å². The van der Waals surface area contributed by atoms with Crippen molar-refractivity contribution in [2.75, 3.05) is 24.5 Å². The summed E-state index contributed by atoms with van der Waals surface area (Å²) in [6.07, 6.45) is 4.27. The van der Waals surface area contributed by atoms with E-state index in [1.807, 2.05) is 0 Å². The Hall–Kier alpha value is -1.62. The van der Waals surface area contributed by atoms with Crippen molar-refractivity contribution < 1.29 is 0 Å². The molecule has 0 atom stereocenters. The molecule has 1 aliphatic carbocycles. The van der Waals surface area contributed by atoms with Gasteiger partial charge in [0.05, 0.1) is 18.4 Å². The second-order valence-electron chi connectivity index (χ2n) is 5.29. The lowest BCUT2D eigenvalue weighted by Gasteiger charge is -2.20. The average Bonchev–Trinajstić information content (AvgIpc) is 3.25. The number of hydrogen-bond acceptors (Lipinski definition) is 4. The molecular formula is C15H24N4O. The first kappa shape index (κ1) is 14.8. The lowest BCUT2D eigenvalue weighted by molar-refractivity contribution is 0.603. The monoisotopic (exact) mass is 276 g/mol. The summed E-state index contributed by atoms with van der Waals surface area (Å²) in [6.45, 7) is 11.1. The van der Waals surface area contributed by atoms with Gasteiger partial charge in [0.2, 0.25) is 0 Å². The Balaban J connectivity index is 1.97. The molecule has 2 rings (SSSR count). The van der Waals surface area contributed by atoms with Gasteiger partial charge in [-0.2, -0.15) is 5.10 Å². The molecule has 5 heteroatoms. The fourth-order valence-electron chi connectivity index (χ4n) is 2.15. The first-order valence-corrected chi connectivity index (χ1v) is 7.36. The van der Waals surface area contributed by atoms with Crippen LogP contribution < -0.4 is 15.8 Å². The molecule has 1 aromatic rings. The number of nitrogens with one attached hydrogen (secondary N) is 1. The predicted molar refractivity (Wildman–Crippen MR) is 82.2 cm³/mol. The van der Waals surface area contributed by atoms with E-state index in [9.17, 15) is 4.79 Å². The van der Waals surface area contributed by atoms with Crippen molar-refractivity contribution in [3.8, 4) is 0 Å². The topological polar surface area (TPSA) is 50.2 Å². The van der Waals surface area contributed by atoms with Crippen molar-refractivity contribution in [2.45, 2.75) is 39.3 Å². The lowest BCUT2D eigenvalue weighted by Crippen LogP contribution is -2.29. The van der Waals surface area contributed by atoms with Crippen LogP contribution in [-0.2, 0) is 6.54 Å². The number of rotatable bonds is 8. The van der Waals surface area contributed by atoms with Crippen LogP contribution in [0.2, 0.25) is 0 Å². The van der Waals surface area contributed by atoms with Gasteiger partial charge in [0.1, 0.15) is 0 Å². The molecule has 1 aliphatic rings. The van der Waals surface area contributed by atoms with E-state index in [2.05, 4.69) is 35.7 Å². The van der Waals surface area contributed by atoms with Gasteiger partial charge in [-0.15, -0.1) is 0 Å². The van der Waals surface area contributed by atoms with Gasteiger partial charge in [-0.3, -0.25) is 4.79 Å². The summed E-state index contributed by atoms with van der Waals surface area (Å²) in [7, 11) is 0. The zero-order valence-corrected chi connectivity index (χ0v) is 12.4. The van der Waals surface area contributed by atoms with Gasteiger partial charge in [0, 0.05) is 31.7 Å². The Bertz CT molecular complexity index is 515. The van der Waals surface area contributed by atoms with Gasteiger partial charge < -0.3 is 10.2 Å². The molecule has 110 valence electrons. The lowest BCUT2D eigenvalue weighted by atomic mass is 10.3. The summed E-state index contributed by atoms with van der Waals surface area (Å²) in [5.74, 6) is 0. The third kappa shape index (κ3) is 3.93. The fraction of sp³-hybridized carbons (Fsp3) is 0.600. The van der Waals surface area contributed by atoms with Crippen molar-refractivity contribution in [2.24, 2.45) is 0 Å². The van der Waals surface area contributed by atoms with Crippen LogP contribution in [0, 0.1) is 0 Å². The highest BCUT2D eigenvalue weighted by Gasteiger charge is 2.20. The van der Waals surface area contributed by atoms with E-state index in [-0.39, 0.29) is 5.56 Å². The van der Waals surface area contributed by atoms with E-state index in [1.165, 1.54) is 17.5 Å². The molecule has 20 heavy (non-hydrogen) atoms. The molecule has 0 spiro atoms. The van der Waals surface area contributed by atoms with E-state index in [4.69, 9.17) is 0 Å². The number of aromatic nitrogens is 2. The minimum atomic E-state index is -0.0676. The number of nitrogens with zero attached hydrogens (tertiary/aromatic N) is 3. The molecule has 1 saturated carbocycles. The maximum Gasteiger partial charge on any atom is 0.269 e. The summed E-state index contributed by atoms with van der Waals surface area (Å²) in [6, 6.07) is 2.31. The number of hydrogen-bond donors (Lipinski definition) is 1. The van der Waals surface area contributed by atoms with Gasteiger partial charge >= 0.3 is 0 Å². The standard InChI is InChI=1S/C15H24N4O/c1-4-18(5-2)14-8-15(20)19(17-10-14)11-12(3)9-16-13-6-7-13/h8,10,13,16H,3-7,9,11H2,1-2H3. The molecule has 0 unspecified atom stereocenters. The third-order valence-corrected chi connectivity index (χ3v) is 3.58. The molecule has 0 saturated heterocycles. The molecule has 1 heterocycles. The first-order valence-electron chi connectivity index (χ1n) is 7.36. The van der Waals surface area contributed by atoms with E-state index in [1.54, 1.807) is 12.3 Å². The quantitative estimate of drug-likeness (QED) is 0.729. The second-order valence-corrected chi connectivity index (χ2v) is 5.29. The molecule has 1 N–H and O–H groups in total. The van der Waals surface area contributed by atoms with Gasteiger partial charge in [-0.1, -0.05) is 6.58 Å². The van der Waals surface area contributed by atoms with Crippen LogP contribution >= 0.6 is 0 Å². The second kappa shape index (κ2) is 6.70. The molecular weight excluding hydrogens is 252 g/mol. The Kier molecular flexibility index (Phi) is 4.95. The summed E-state index contributed by atoms with van der Waals surface area (Å²) >= 11 is 0. The van der Waals surface area contributed by atoms with Gasteiger partial charge in [-0.05, 0) is 32.3 Å². The van der Waals surface area contributed by atoms with Crippen molar-refractivity contribution >= 4 is 5.69 Å². The average molecular weight is 276 g/mol. The first-order chi connectivity index (χ1) is 9.63. The largest absolute Gasteiger partial charge is 0.371 e. The summed E-state index contributed by atoms with van der Waals surface area (Å²) < 4.78 is 1.48. The minimum Gasteiger partial charge on any atom is -0.371 e. The SMILES string of the molecule is C=C(CNC1CC1)Cn1ncc(N(CC)CC)cc1=O. The van der Waals surface area contributed by atoms with E-state index in [0.29, 0.717) is 12.6 Å². The smallest absolute Gasteiger partial charge is 0.269 e. The molecule has 1 fully saturated rings. The van der Waals surface area contributed by atoms with Crippen molar-refractivity contribution in [3.05, 3.63) is 34.8 Å². The highest BCUT2D eigenvalue weighted by Crippen LogP contribution is 2.18. The van der Waals surface area contributed by atoms with Crippen LogP contribution in [0.3, 0.4) is 0 Å². The van der Waals surface area contributed by atoms with E-state index in [0.717, 1.165) is 30.9 Å². The molecule has 0 bridgehead atoms. The van der Waals surface area contributed by atoms with Gasteiger partial charge in [0.25, 0.3) is 5.56 Å². The van der Waals surface area contributed by atoms with Crippen molar-refractivity contribution in [1.29, 1.82) is 0 Å². The predicted octanol–water partition coefficient (Wildman–Crippen LogP) is 1.40. The Labute approximate surface area is 120 Å². The zero-order chi connectivity index (χ0) is 14.5. The van der Waals surface area contributed by atoms with Crippen LogP contribution in [0.15, 0.2) is 29.2 Å². The summed E-state index contributed by atoms with van der Waals surface area (Å²) in [5.41, 5.74) is 1.81. The van der Waals surface area contributed by atoms with Crippen molar-refractivity contribution in [3.63, 3.8) is 0 Å². The van der Waals surface area contributed by atoms with Gasteiger partial charge in [-0.25, -0.2) is 4.68 Å². The van der Waals surface area contributed by atoms with Crippen LogP contribution in [0.5, 0.6) is 0 Å². The molecule has 0 radical (unpaired) electrons. The van der Waals surface area contributed by atoms with E-state index >= 15 is 0 Å². The van der Waals surface area contributed by atoms with Gasteiger partial charge in [0.15, 0.2) is 0 Å². The molecule has 0 amide bonds. The van der Waals surface area contributed by atoms with Crippen LogP contribution in [-0.4, -0.2) is 35.5 Å². The maximum absolute atomic E-state index is 12.1. The third-order valence-electron chi connectivity index (χ3n) is 3.58. The fourth-order valence-corrected chi connectivity index (χ4v) is 2.15. The highest BCUT2D eigenvalue weighted by atomic mass is 16.1. The molecule has 0 aromatic carbocycles.